The van der Waals surface area contributed by atoms with Crippen LogP contribution in [0.15, 0.2) is 53.0 Å². The van der Waals surface area contributed by atoms with Crippen LogP contribution in [0, 0.1) is 10.1 Å². The molecular weight excluding hydrogens is 360 g/mol. The van der Waals surface area contributed by atoms with E-state index < -0.39 is 4.92 Å². The number of aryl methyl sites for hydroxylation is 1. The van der Waals surface area contributed by atoms with Crippen molar-refractivity contribution >= 4 is 27.5 Å². The summed E-state index contributed by atoms with van der Waals surface area (Å²) in [7, 11) is 0. The molecule has 0 bridgehead atoms. The van der Waals surface area contributed by atoms with Crippen molar-refractivity contribution in [2.24, 2.45) is 0 Å². The van der Waals surface area contributed by atoms with Crippen LogP contribution in [0.5, 0.6) is 0 Å². The molecule has 2 aromatic rings. The maximum Gasteiger partial charge on any atom is 0.269 e. The van der Waals surface area contributed by atoms with Gasteiger partial charge in [0.05, 0.1) is 11.0 Å². The highest BCUT2D eigenvalue weighted by Gasteiger charge is 2.13. The number of hydrogen-bond donors (Lipinski definition) is 1. The fraction of sp³-hybridized carbons (Fsp3) is 0.235. The highest BCUT2D eigenvalue weighted by Crippen LogP contribution is 2.20. The first-order chi connectivity index (χ1) is 11.0. The third kappa shape index (κ3) is 4.89. The molecule has 0 saturated carbocycles. The lowest BCUT2D eigenvalue weighted by Crippen LogP contribution is -2.26. The fourth-order valence-electron chi connectivity index (χ4n) is 2.25. The average Bonchev–Trinajstić information content (AvgIpc) is 2.54. The van der Waals surface area contributed by atoms with Gasteiger partial charge in [-0.3, -0.25) is 14.9 Å². The molecule has 0 aliphatic heterocycles. The minimum atomic E-state index is -0.440. The molecular formula is C17H17BrN2O3. The Morgan fingerprint density at radius 1 is 1.26 bits per heavy atom. The van der Waals surface area contributed by atoms with Crippen LogP contribution >= 0.6 is 15.9 Å². The zero-order valence-electron chi connectivity index (χ0n) is 12.7. The fourth-order valence-corrected chi connectivity index (χ4v) is 2.74. The van der Waals surface area contributed by atoms with Crippen LogP contribution < -0.4 is 5.32 Å². The number of halogens is 1. The molecule has 2 aromatic carbocycles. The summed E-state index contributed by atoms with van der Waals surface area (Å²) in [4.78, 5) is 22.4. The van der Waals surface area contributed by atoms with Crippen molar-refractivity contribution < 1.29 is 9.72 Å². The van der Waals surface area contributed by atoms with E-state index in [0.717, 1.165) is 10.0 Å². The van der Waals surface area contributed by atoms with E-state index in [0.29, 0.717) is 18.4 Å². The predicted molar refractivity (Wildman–Crippen MR) is 92.1 cm³/mol. The van der Waals surface area contributed by atoms with Crippen molar-refractivity contribution in [2.45, 2.75) is 25.8 Å². The van der Waals surface area contributed by atoms with Crippen LogP contribution in [0.2, 0.25) is 0 Å². The van der Waals surface area contributed by atoms with Gasteiger partial charge in [0.15, 0.2) is 0 Å². The normalized spacial score (nSPS) is 11.7. The van der Waals surface area contributed by atoms with Crippen LogP contribution in [-0.4, -0.2) is 10.8 Å². The highest BCUT2D eigenvalue weighted by atomic mass is 79.9. The van der Waals surface area contributed by atoms with Crippen molar-refractivity contribution in [1.82, 2.24) is 5.32 Å². The number of amides is 1. The second-order valence-electron chi connectivity index (χ2n) is 5.23. The first kappa shape index (κ1) is 17.1. The summed E-state index contributed by atoms with van der Waals surface area (Å²) >= 11 is 3.46. The first-order valence-corrected chi connectivity index (χ1v) is 8.04. The summed E-state index contributed by atoms with van der Waals surface area (Å²) in [6.45, 7) is 1.81. The molecule has 6 heteroatoms. The van der Waals surface area contributed by atoms with E-state index in [1.165, 1.54) is 12.1 Å². The van der Waals surface area contributed by atoms with Gasteiger partial charge in [-0.2, -0.15) is 0 Å². The van der Waals surface area contributed by atoms with E-state index in [2.05, 4.69) is 21.2 Å². The van der Waals surface area contributed by atoms with Gasteiger partial charge >= 0.3 is 0 Å². The average molecular weight is 377 g/mol. The Balaban J connectivity index is 1.93. The molecule has 1 unspecified atom stereocenters. The lowest BCUT2D eigenvalue weighted by Gasteiger charge is -2.14. The lowest BCUT2D eigenvalue weighted by molar-refractivity contribution is -0.384. The summed E-state index contributed by atoms with van der Waals surface area (Å²) in [5.74, 6) is -0.0836. The molecule has 1 atom stereocenters. The number of nitro groups is 1. The molecule has 2 rings (SSSR count). The molecule has 0 aromatic heterocycles. The SMILES string of the molecule is CC(NC(=O)CCc1ccccc1Br)c1cccc([N+](=O)[O-])c1. The minimum absolute atomic E-state index is 0.0248. The molecule has 1 amide bonds. The Morgan fingerprint density at radius 3 is 2.70 bits per heavy atom. The lowest BCUT2D eigenvalue weighted by atomic mass is 10.1. The first-order valence-electron chi connectivity index (χ1n) is 7.24. The van der Waals surface area contributed by atoms with E-state index in [1.807, 2.05) is 31.2 Å². The molecule has 0 spiro atoms. The molecule has 1 N–H and O–H groups in total. The van der Waals surface area contributed by atoms with Gasteiger partial charge in [0.25, 0.3) is 5.69 Å². The van der Waals surface area contributed by atoms with Crippen LogP contribution in [0.3, 0.4) is 0 Å². The maximum atomic E-state index is 12.1. The number of nitro benzene ring substituents is 1. The Kier molecular flexibility index (Phi) is 5.87. The van der Waals surface area contributed by atoms with Gasteiger partial charge in [-0.05, 0) is 30.5 Å². The van der Waals surface area contributed by atoms with Crippen molar-refractivity contribution in [3.05, 3.63) is 74.2 Å². The summed E-state index contributed by atoms with van der Waals surface area (Å²) in [5.41, 5.74) is 1.82. The number of benzene rings is 2. The molecule has 0 aliphatic rings. The van der Waals surface area contributed by atoms with Crippen molar-refractivity contribution in [3.63, 3.8) is 0 Å². The van der Waals surface area contributed by atoms with Crippen molar-refractivity contribution in [1.29, 1.82) is 0 Å². The van der Waals surface area contributed by atoms with Gasteiger partial charge in [-0.15, -0.1) is 0 Å². The Labute approximate surface area is 143 Å². The third-order valence-corrected chi connectivity index (χ3v) is 4.31. The number of carbonyl (C=O) groups excluding carboxylic acids is 1. The molecule has 0 heterocycles. The quantitative estimate of drug-likeness (QED) is 0.607. The highest BCUT2D eigenvalue weighted by molar-refractivity contribution is 9.10. The molecule has 0 fully saturated rings. The predicted octanol–water partition coefficient (Wildman–Crippen LogP) is 4.17. The summed E-state index contributed by atoms with van der Waals surface area (Å²) in [6, 6.07) is 13.8. The van der Waals surface area contributed by atoms with Crippen LogP contribution in [0.1, 0.15) is 30.5 Å². The second kappa shape index (κ2) is 7.87. The zero-order chi connectivity index (χ0) is 16.8. The Morgan fingerprint density at radius 2 is 2.00 bits per heavy atom. The van der Waals surface area contributed by atoms with Crippen LogP contribution in [-0.2, 0) is 11.2 Å². The van der Waals surface area contributed by atoms with Crippen molar-refractivity contribution in [2.75, 3.05) is 0 Å². The van der Waals surface area contributed by atoms with Gasteiger partial charge in [0.1, 0.15) is 0 Å². The second-order valence-corrected chi connectivity index (χ2v) is 6.09. The summed E-state index contributed by atoms with van der Waals surface area (Å²) in [6.07, 6.45) is 0.997. The summed E-state index contributed by atoms with van der Waals surface area (Å²) in [5, 5.41) is 13.7. The van der Waals surface area contributed by atoms with E-state index in [9.17, 15) is 14.9 Å². The third-order valence-electron chi connectivity index (χ3n) is 3.54. The van der Waals surface area contributed by atoms with Crippen molar-refractivity contribution in [3.8, 4) is 0 Å². The minimum Gasteiger partial charge on any atom is -0.350 e. The number of non-ortho nitro benzene ring substituents is 1. The molecule has 0 radical (unpaired) electrons. The van der Waals surface area contributed by atoms with E-state index in [1.54, 1.807) is 12.1 Å². The van der Waals surface area contributed by atoms with Gasteiger partial charge in [0, 0.05) is 23.0 Å². The van der Waals surface area contributed by atoms with Gasteiger partial charge < -0.3 is 5.32 Å². The molecule has 0 aliphatic carbocycles. The number of nitrogens with zero attached hydrogens (tertiary/aromatic N) is 1. The number of rotatable bonds is 6. The van der Waals surface area contributed by atoms with E-state index in [4.69, 9.17) is 0 Å². The van der Waals surface area contributed by atoms with E-state index >= 15 is 0 Å². The smallest absolute Gasteiger partial charge is 0.269 e. The maximum absolute atomic E-state index is 12.1. The number of nitrogens with one attached hydrogen (secondary N) is 1. The standard InChI is InChI=1S/C17H17BrN2O3/c1-12(14-6-4-7-15(11-14)20(22)23)19-17(21)10-9-13-5-2-3-8-16(13)18/h2-8,11-12H,9-10H2,1H3,(H,19,21). The largest absolute Gasteiger partial charge is 0.350 e. The number of hydrogen-bond acceptors (Lipinski definition) is 3. The Bertz CT molecular complexity index is 718. The van der Waals surface area contributed by atoms with E-state index in [-0.39, 0.29) is 17.6 Å². The van der Waals surface area contributed by atoms with Crippen LogP contribution in [0.25, 0.3) is 0 Å². The molecule has 120 valence electrons. The zero-order valence-corrected chi connectivity index (χ0v) is 14.2. The molecule has 5 nitrogen and oxygen atoms in total. The monoisotopic (exact) mass is 376 g/mol. The van der Waals surface area contributed by atoms with Crippen LogP contribution in [0.4, 0.5) is 5.69 Å². The number of carbonyl (C=O) groups is 1. The molecule has 23 heavy (non-hydrogen) atoms. The summed E-state index contributed by atoms with van der Waals surface area (Å²) < 4.78 is 0.986. The van der Waals surface area contributed by atoms with Gasteiger partial charge in [0.2, 0.25) is 5.91 Å². The van der Waals surface area contributed by atoms with Gasteiger partial charge in [-0.1, -0.05) is 46.3 Å². The Hall–Kier alpha value is -2.21. The topological polar surface area (TPSA) is 72.2 Å². The van der Waals surface area contributed by atoms with Gasteiger partial charge in [-0.25, -0.2) is 0 Å². The molecule has 0 saturated heterocycles.